The van der Waals surface area contributed by atoms with Gasteiger partial charge in [-0.05, 0) is 36.5 Å². The van der Waals surface area contributed by atoms with Crippen molar-refractivity contribution in [2.45, 2.75) is 70.1 Å². The second-order valence-electron chi connectivity index (χ2n) is 5.69. The molecule has 0 saturated heterocycles. The van der Waals surface area contributed by atoms with E-state index in [1.165, 1.54) is 24.8 Å². The first-order valence-electron chi connectivity index (χ1n) is 8.10. The average Bonchev–Trinajstić information content (AvgIpc) is 2.50. The molecule has 1 aromatic rings. The fourth-order valence-electron chi connectivity index (χ4n) is 2.23. The lowest BCUT2D eigenvalue weighted by Gasteiger charge is -2.11. The topological polar surface area (TPSA) is 46.2 Å². The zero-order valence-electron chi connectivity index (χ0n) is 13.6. The van der Waals surface area contributed by atoms with E-state index >= 15 is 0 Å². The predicted octanol–water partition coefficient (Wildman–Crippen LogP) is 4.45. The normalized spacial score (nSPS) is 13.3. The van der Waals surface area contributed by atoms with Crippen molar-refractivity contribution in [2.75, 3.05) is 6.54 Å². The Morgan fingerprint density at radius 3 is 2.19 bits per heavy atom. The second-order valence-corrected chi connectivity index (χ2v) is 7.46. The van der Waals surface area contributed by atoms with Gasteiger partial charge in [-0.2, -0.15) is 0 Å². The Bertz CT molecular complexity index is 494. The lowest BCUT2D eigenvalue weighted by molar-refractivity contribution is 0.571. The molecule has 21 heavy (non-hydrogen) atoms. The quantitative estimate of drug-likeness (QED) is 0.649. The monoisotopic (exact) mass is 311 g/mol. The molecule has 1 unspecified atom stereocenters. The van der Waals surface area contributed by atoms with Crippen LogP contribution in [0.3, 0.4) is 0 Å². The molecule has 0 aliphatic rings. The van der Waals surface area contributed by atoms with Crippen LogP contribution >= 0.6 is 0 Å². The maximum absolute atomic E-state index is 12.2. The molecule has 1 atom stereocenters. The first kappa shape index (κ1) is 18.2. The van der Waals surface area contributed by atoms with Crippen LogP contribution in [-0.2, 0) is 10.0 Å². The van der Waals surface area contributed by atoms with Crippen LogP contribution in [0.4, 0.5) is 0 Å². The van der Waals surface area contributed by atoms with Gasteiger partial charge >= 0.3 is 0 Å². The van der Waals surface area contributed by atoms with Gasteiger partial charge in [0.2, 0.25) is 10.0 Å². The molecule has 4 heteroatoms. The highest BCUT2D eigenvalue weighted by Gasteiger charge is 2.13. The van der Waals surface area contributed by atoms with Gasteiger partial charge in [0.1, 0.15) is 0 Å². The van der Waals surface area contributed by atoms with Crippen LogP contribution in [0.1, 0.15) is 70.8 Å². The van der Waals surface area contributed by atoms with Crippen LogP contribution in [0, 0.1) is 0 Å². The van der Waals surface area contributed by atoms with Gasteiger partial charge in [0, 0.05) is 6.54 Å². The number of nitrogens with one attached hydrogen (secondary N) is 1. The van der Waals surface area contributed by atoms with Crippen molar-refractivity contribution in [1.29, 1.82) is 0 Å². The molecule has 0 spiro atoms. The van der Waals surface area contributed by atoms with Crippen molar-refractivity contribution in [3.63, 3.8) is 0 Å². The van der Waals surface area contributed by atoms with Crippen molar-refractivity contribution in [1.82, 2.24) is 4.72 Å². The Morgan fingerprint density at radius 1 is 1.00 bits per heavy atom. The van der Waals surface area contributed by atoms with E-state index in [0.29, 0.717) is 17.4 Å². The van der Waals surface area contributed by atoms with Crippen LogP contribution in [0.25, 0.3) is 0 Å². The highest BCUT2D eigenvalue weighted by Crippen LogP contribution is 2.20. The van der Waals surface area contributed by atoms with E-state index in [0.717, 1.165) is 19.3 Å². The van der Waals surface area contributed by atoms with E-state index in [9.17, 15) is 8.42 Å². The molecule has 0 saturated carbocycles. The molecule has 1 rings (SSSR count). The van der Waals surface area contributed by atoms with E-state index in [1.807, 2.05) is 12.1 Å². The summed E-state index contributed by atoms with van der Waals surface area (Å²) in [6.07, 6.45) is 6.66. The summed E-state index contributed by atoms with van der Waals surface area (Å²) < 4.78 is 27.0. The van der Waals surface area contributed by atoms with Crippen LogP contribution in [-0.4, -0.2) is 15.0 Å². The van der Waals surface area contributed by atoms with Crippen LogP contribution in [0.2, 0.25) is 0 Å². The maximum Gasteiger partial charge on any atom is 0.240 e. The zero-order valence-corrected chi connectivity index (χ0v) is 14.4. The van der Waals surface area contributed by atoms with Crippen LogP contribution in [0.5, 0.6) is 0 Å². The van der Waals surface area contributed by atoms with Gasteiger partial charge in [0.25, 0.3) is 0 Å². The van der Waals surface area contributed by atoms with E-state index in [-0.39, 0.29) is 0 Å². The van der Waals surface area contributed by atoms with Crippen LogP contribution < -0.4 is 4.72 Å². The number of unbranched alkanes of at least 4 members (excludes halogenated alkanes) is 4. The first-order valence-corrected chi connectivity index (χ1v) is 9.59. The summed E-state index contributed by atoms with van der Waals surface area (Å²) in [5.74, 6) is 0.466. The summed E-state index contributed by atoms with van der Waals surface area (Å²) in [7, 11) is -3.35. The molecule has 120 valence electrons. The minimum Gasteiger partial charge on any atom is -0.211 e. The average molecular weight is 311 g/mol. The Morgan fingerprint density at radius 2 is 1.62 bits per heavy atom. The third-order valence-electron chi connectivity index (χ3n) is 3.94. The van der Waals surface area contributed by atoms with Gasteiger partial charge in [-0.3, -0.25) is 0 Å². The molecule has 0 heterocycles. The first-order chi connectivity index (χ1) is 10.0. The highest BCUT2D eigenvalue weighted by atomic mass is 32.2. The Balaban J connectivity index is 2.50. The summed E-state index contributed by atoms with van der Waals surface area (Å²) >= 11 is 0. The molecular formula is C17H29NO2S. The molecule has 0 fully saturated rings. The fraction of sp³-hybridized carbons (Fsp3) is 0.647. The standard InChI is InChI=1S/C17H29NO2S/c1-4-6-7-8-9-14-18-21(19,20)17-12-10-16(11-13-17)15(3)5-2/h10-13,15,18H,4-9,14H2,1-3H3. The van der Waals surface area contributed by atoms with E-state index < -0.39 is 10.0 Å². The Kier molecular flexibility index (Phi) is 7.97. The summed E-state index contributed by atoms with van der Waals surface area (Å²) in [4.78, 5) is 0.364. The Labute approximate surface area is 130 Å². The SMILES string of the molecule is CCCCCCCNS(=O)(=O)c1ccc(C(C)CC)cc1. The van der Waals surface area contributed by atoms with Gasteiger partial charge in [-0.15, -0.1) is 0 Å². The van der Waals surface area contributed by atoms with E-state index in [4.69, 9.17) is 0 Å². The maximum atomic E-state index is 12.2. The predicted molar refractivity (Wildman–Crippen MR) is 89.1 cm³/mol. The van der Waals surface area contributed by atoms with Crippen molar-refractivity contribution in [2.24, 2.45) is 0 Å². The fourth-order valence-corrected chi connectivity index (χ4v) is 3.30. The van der Waals surface area contributed by atoms with E-state index in [1.54, 1.807) is 12.1 Å². The molecule has 1 N–H and O–H groups in total. The second kappa shape index (κ2) is 9.21. The van der Waals surface area contributed by atoms with Crippen molar-refractivity contribution < 1.29 is 8.42 Å². The number of hydrogen-bond donors (Lipinski definition) is 1. The van der Waals surface area contributed by atoms with Gasteiger partial charge in [-0.25, -0.2) is 13.1 Å². The lowest BCUT2D eigenvalue weighted by Crippen LogP contribution is -2.24. The largest absolute Gasteiger partial charge is 0.240 e. The minimum absolute atomic E-state index is 0.364. The number of hydrogen-bond acceptors (Lipinski definition) is 2. The molecule has 0 aromatic heterocycles. The molecule has 1 aromatic carbocycles. The molecular weight excluding hydrogens is 282 g/mol. The third kappa shape index (κ3) is 6.18. The zero-order chi connectivity index (χ0) is 15.7. The molecule has 0 bridgehead atoms. The molecule has 0 amide bonds. The minimum atomic E-state index is -3.35. The van der Waals surface area contributed by atoms with Crippen molar-refractivity contribution in [3.05, 3.63) is 29.8 Å². The summed E-state index contributed by atoms with van der Waals surface area (Å²) in [5, 5.41) is 0. The summed E-state index contributed by atoms with van der Waals surface area (Å²) in [6.45, 7) is 6.98. The van der Waals surface area contributed by atoms with Crippen LogP contribution in [0.15, 0.2) is 29.2 Å². The summed E-state index contributed by atoms with van der Waals surface area (Å²) in [6, 6.07) is 7.26. The van der Waals surface area contributed by atoms with Crippen molar-refractivity contribution >= 4 is 10.0 Å². The third-order valence-corrected chi connectivity index (χ3v) is 5.42. The Hall–Kier alpha value is -0.870. The highest BCUT2D eigenvalue weighted by molar-refractivity contribution is 7.89. The number of rotatable bonds is 10. The van der Waals surface area contributed by atoms with Gasteiger partial charge in [0.05, 0.1) is 4.90 Å². The molecule has 3 nitrogen and oxygen atoms in total. The number of sulfonamides is 1. The molecule has 0 aliphatic carbocycles. The van der Waals surface area contributed by atoms with Gasteiger partial charge < -0.3 is 0 Å². The lowest BCUT2D eigenvalue weighted by atomic mass is 9.99. The smallest absolute Gasteiger partial charge is 0.211 e. The molecule has 0 radical (unpaired) electrons. The van der Waals surface area contributed by atoms with Crippen molar-refractivity contribution in [3.8, 4) is 0 Å². The summed E-state index contributed by atoms with van der Waals surface area (Å²) in [5.41, 5.74) is 1.19. The number of benzene rings is 1. The van der Waals surface area contributed by atoms with Gasteiger partial charge in [0.15, 0.2) is 0 Å². The van der Waals surface area contributed by atoms with Gasteiger partial charge in [-0.1, -0.05) is 58.6 Å². The van der Waals surface area contributed by atoms with E-state index in [2.05, 4.69) is 25.5 Å². The molecule has 0 aliphatic heterocycles.